The number of carbonyl (C=O) groups excluding carboxylic acids is 1. The van der Waals surface area contributed by atoms with E-state index in [0.717, 1.165) is 5.56 Å². The minimum Gasteiger partial charge on any atom is -0.436 e. The summed E-state index contributed by atoms with van der Waals surface area (Å²) in [5.74, 6) is -0.232. The first-order chi connectivity index (χ1) is 18.3. The molecule has 1 aromatic heterocycles. The highest BCUT2D eigenvalue weighted by molar-refractivity contribution is 7.80. The lowest BCUT2D eigenvalue weighted by Crippen LogP contribution is -2.37. The van der Waals surface area contributed by atoms with Crippen LogP contribution in [0.3, 0.4) is 0 Å². The van der Waals surface area contributed by atoms with Crippen molar-refractivity contribution in [2.24, 2.45) is 0 Å². The van der Waals surface area contributed by atoms with Gasteiger partial charge in [0.25, 0.3) is 11.6 Å². The molecular weight excluding hydrogens is 530 g/mol. The molecule has 10 nitrogen and oxygen atoms in total. The van der Waals surface area contributed by atoms with Gasteiger partial charge in [0.2, 0.25) is 5.89 Å². The van der Waals surface area contributed by atoms with Crippen LogP contribution in [0.25, 0.3) is 22.6 Å². The predicted molar refractivity (Wildman–Crippen MR) is 149 cm³/mol. The van der Waals surface area contributed by atoms with Gasteiger partial charge in [0.15, 0.2) is 10.7 Å². The van der Waals surface area contributed by atoms with E-state index in [9.17, 15) is 14.9 Å². The SMILES string of the molecule is Cc1ccc2nc(-c3cc(NC(=S)NC(=O)c4ccc(N5CCOCC5)c([N+](=O)[O-])c4)ccc3Cl)oc2c1. The molecule has 38 heavy (non-hydrogen) atoms. The van der Waals surface area contributed by atoms with Gasteiger partial charge in [-0.3, -0.25) is 20.2 Å². The van der Waals surface area contributed by atoms with Gasteiger partial charge in [-0.25, -0.2) is 4.98 Å². The van der Waals surface area contributed by atoms with Gasteiger partial charge in [0, 0.05) is 30.4 Å². The van der Waals surface area contributed by atoms with E-state index in [1.807, 2.05) is 30.0 Å². The van der Waals surface area contributed by atoms with E-state index in [0.29, 0.717) is 65.3 Å². The third-order valence-corrected chi connectivity index (χ3v) is 6.55. The quantitative estimate of drug-likeness (QED) is 0.192. The van der Waals surface area contributed by atoms with Crippen molar-refractivity contribution < 1.29 is 18.9 Å². The zero-order chi connectivity index (χ0) is 26.8. The third kappa shape index (κ3) is 5.44. The summed E-state index contributed by atoms with van der Waals surface area (Å²) in [7, 11) is 0. The molecule has 0 bridgehead atoms. The maximum Gasteiger partial charge on any atom is 0.293 e. The first-order valence-corrected chi connectivity index (χ1v) is 12.5. The van der Waals surface area contributed by atoms with Crippen LogP contribution in [0.1, 0.15) is 15.9 Å². The molecule has 0 spiro atoms. The van der Waals surface area contributed by atoms with Crippen molar-refractivity contribution in [3.8, 4) is 11.5 Å². The number of amides is 1. The van der Waals surface area contributed by atoms with Crippen molar-refractivity contribution in [2.75, 3.05) is 36.5 Å². The molecule has 0 unspecified atom stereocenters. The molecule has 12 heteroatoms. The Kier molecular flexibility index (Phi) is 7.23. The summed E-state index contributed by atoms with van der Waals surface area (Å²) < 4.78 is 11.2. The predicted octanol–water partition coefficient (Wildman–Crippen LogP) is 5.33. The van der Waals surface area contributed by atoms with Gasteiger partial charge in [-0.05, 0) is 67.2 Å². The van der Waals surface area contributed by atoms with E-state index in [-0.39, 0.29) is 16.4 Å². The van der Waals surface area contributed by atoms with Gasteiger partial charge < -0.3 is 19.4 Å². The number of nitro groups is 1. The lowest BCUT2D eigenvalue weighted by molar-refractivity contribution is -0.384. The number of anilines is 2. The zero-order valence-electron chi connectivity index (χ0n) is 20.2. The van der Waals surface area contributed by atoms with E-state index >= 15 is 0 Å². The van der Waals surface area contributed by atoms with E-state index in [2.05, 4.69) is 15.6 Å². The Bertz CT molecular complexity index is 1570. The van der Waals surface area contributed by atoms with Gasteiger partial charge in [0.1, 0.15) is 11.2 Å². The van der Waals surface area contributed by atoms with E-state index in [4.69, 9.17) is 33.0 Å². The second kappa shape index (κ2) is 10.7. The number of carbonyl (C=O) groups is 1. The molecule has 0 radical (unpaired) electrons. The van der Waals surface area contributed by atoms with Crippen molar-refractivity contribution >= 4 is 63.0 Å². The Morgan fingerprint density at radius 1 is 1.13 bits per heavy atom. The lowest BCUT2D eigenvalue weighted by Gasteiger charge is -2.28. The summed E-state index contributed by atoms with van der Waals surface area (Å²) in [4.78, 5) is 30.4. The Labute approximate surface area is 227 Å². The Morgan fingerprint density at radius 3 is 2.68 bits per heavy atom. The number of halogens is 1. The van der Waals surface area contributed by atoms with Crippen molar-refractivity contribution in [1.29, 1.82) is 0 Å². The molecule has 194 valence electrons. The highest BCUT2D eigenvalue weighted by Crippen LogP contribution is 2.33. The van der Waals surface area contributed by atoms with Gasteiger partial charge in [0.05, 0.1) is 28.7 Å². The summed E-state index contributed by atoms with van der Waals surface area (Å²) in [6.45, 7) is 4.00. The molecule has 1 saturated heterocycles. The second-order valence-corrected chi connectivity index (χ2v) is 9.47. The summed E-state index contributed by atoms with van der Waals surface area (Å²) in [6, 6.07) is 15.1. The van der Waals surface area contributed by atoms with Crippen LogP contribution >= 0.6 is 23.8 Å². The fourth-order valence-electron chi connectivity index (χ4n) is 4.13. The van der Waals surface area contributed by atoms with Crippen LogP contribution in [0.5, 0.6) is 0 Å². The highest BCUT2D eigenvalue weighted by atomic mass is 35.5. The van der Waals surface area contributed by atoms with Gasteiger partial charge in [-0.2, -0.15) is 0 Å². The molecule has 1 aliphatic rings. The number of aromatic nitrogens is 1. The molecular formula is C26H22ClN5O5S. The number of benzene rings is 3. The number of rotatable bonds is 5. The molecule has 1 aliphatic heterocycles. The first-order valence-electron chi connectivity index (χ1n) is 11.7. The number of hydrogen-bond acceptors (Lipinski definition) is 8. The maximum atomic E-state index is 12.8. The molecule has 4 aromatic rings. The van der Waals surface area contributed by atoms with Crippen molar-refractivity contribution in [3.05, 3.63) is 80.9 Å². The summed E-state index contributed by atoms with van der Waals surface area (Å²) in [5.41, 5.74) is 3.88. The number of morpholine rings is 1. The second-order valence-electron chi connectivity index (χ2n) is 8.65. The Balaban J connectivity index is 1.31. The van der Waals surface area contributed by atoms with Gasteiger partial charge in [-0.1, -0.05) is 17.7 Å². The molecule has 2 heterocycles. The number of fused-ring (bicyclic) bond motifs is 1. The van der Waals surface area contributed by atoms with Crippen LogP contribution in [0.2, 0.25) is 5.02 Å². The number of oxazole rings is 1. The summed E-state index contributed by atoms with van der Waals surface area (Å²) >= 11 is 11.7. The van der Waals surface area contributed by atoms with Crippen LogP contribution in [0.4, 0.5) is 17.1 Å². The van der Waals surface area contributed by atoms with Crippen LogP contribution in [-0.2, 0) is 4.74 Å². The lowest BCUT2D eigenvalue weighted by atomic mass is 10.1. The highest BCUT2D eigenvalue weighted by Gasteiger charge is 2.23. The molecule has 0 aliphatic carbocycles. The molecule has 5 rings (SSSR count). The topological polar surface area (TPSA) is 123 Å². The molecule has 0 saturated carbocycles. The van der Waals surface area contributed by atoms with Crippen LogP contribution in [0.15, 0.2) is 59.0 Å². The Hall–Kier alpha value is -4.06. The van der Waals surface area contributed by atoms with Crippen molar-refractivity contribution in [1.82, 2.24) is 10.3 Å². The number of nitrogens with one attached hydrogen (secondary N) is 2. The summed E-state index contributed by atoms with van der Waals surface area (Å²) in [5, 5.41) is 17.7. The third-order valence-electron chi connectivity index (χ3n) is 6.01. The van der Waals surface area contributed by atoms with E-state index < -0.39 is 10.8 Å². The van der Waals surface area contributed by atoms with Crippen LogP contribution < -0.4 is 15.5 Å². The molecule has 2 N–H and O–H groups in total. The first kappa shape index (κ1) is 25.6. The van der Waals surface area contributed by atoms with Crippen LogP contribution in [0, 0.1) is 17.0 Å². The number of thiocarbonyl (C=S) groups is 1. The average Bonchev–Trinajstić information content (AvgIpc) is 3.32. The normalized spacial score (nSPS) is 13.4. The standard InChI is InChI=1S/C26H22ClN5O5S/c1-15-2-6-20-23(12-15)37-25(29-20)18-14-17(4-5-19(18)27)28-26(38)30-24(33)16-3-7-21(22(13-16)32(34)35)31-8-10-36-11-9-31/h2-7,12-14H,8-11H2,1H3,(H2,28,30,33,38). The fourth-order valence-corrected chi connectivity index (χ4v) is 4.54. The van der Waals surface area contributed by atoms with Crippen molar-refractivity contribution in [3.63, 3.8) is 0 Å². The molecule has 3 aromatic carbocycles. The van der Waals surface area contributed by atoms with E-state index in [1.54, 1.807) is 24.3 Å². The monoisotopic (exact) mass is 551 g/mol. The maximum absolute atomic E-state index is 12.8. The number of hydrogen-bond donors (Lipinski definition) is 2. The smallest absolute Gasteiger partial charge is 0.293 e. The number of nitrogens with zero attached hydrogens (tertiary/aromatic N) is 3. The zero-order valence-corrected chi connectivity index (χ0v) is 21.8. The van der Waals surface area contributed by atoms with Crippen molar-refractivity contribution in [2.45, 2.75) is 6.92 Å². The van der Waals surface area contributed by atoms with Gasteiger partial charge >= 0.3 is 0 Å². The fraction of sp³-hybridized carbons (Fsp3) is 0.192. The number of nitro benzene ring substituents is 1. The Morgan fingerprint density at radius 2 is 1.92 bits per heavy atom. The van der Waals surface area contributed by atoms with E-state index in [1.165, 1.54) is 12.1 Å². The largest absolute Gasteiger partial charge is 0.436 e. The molecule has 1 amide bonds. The van der Waals surface area contributed by atoms with Gasteiger partial charge in [-0.15, -0.1) is 0 Å². The minimum atomic E-state index is -0.581. The molecule has 0 atom stereocenters. The van der Waals surface area contributed by atoms with Crippen LogP contribution in [-0.4, -0.2) is 47.2 Å². The average molecular weight is 552 g/mol. The minimum absolute atomic E-state index is 0.0105. The summed E-state index contributed by atoms with van der Waals surface area (Å²) in [6.07, 6.45) is 0. The molecule has 1 fully saturated rings. The number of aryl methyl sites for hydroxylation is 1. The number of ether oxygens (including phenoxy) is 1.